The fourth-order valence-electron chi connectivity index (χ4n) is 3.01. The summed E-state index contributed by atoms with van der Waals surface area (Å²) in [5, 5.41) is 14.5. The number of aromatic amines is 1. The number of benzene rings is 2. The molecule has 30 heavy (non-hydrogen) atoms. The van der Waals surface area contributed by atoms with Crippen LogP contribution in [0.15, 0.2) is 53.3 Å². The third kappa shape index (κ3) is 4.65. The molecule has 0 aliphatic carbocycles. The third-order valence-electron chi connectivity index (χ3n) is 4.42. The van der Waals surface area contributed by atoms with E-state index in [0.29, 0.717) is 16.2 Å². The summed E-state index contributed by atoms with van der Waals surface area (Å²) in [6.07, 6.45) is 3.44. The van der Waals surface area contributed by atoms with E-state index in [0.717, 1.165) is 33.4 Å². The molecule has 11 heteroatoms. The van der Waals surface area contributed by atoms with Gasteiger partial charge in [-0.05, 0) is 52.2 Å². The van der Waals surface area contributed by atoms with Crippen LogP contribution in [0.2, 0.25) is 0 Å². The molecule has 2 aromatic carbocycles. The number of nitrogens with zero attached hydrogens (tertiary/aromatic N) is 3. The van der Waals surface area contributed by atoms with Crippen molar-refractivity contribution >= 4 is 61.2 Å². The smallest absolute Gasteiger partial charge is 0.229 e. The minimum Gasteiger partial charge on any atom is -0.760 e. The average molecular weight is 487 g/mol. The highest BCUT2D eigenvalue weighted by Crippen LogP contribution is 2.28. The van der Waals surface area contributed by atoms with Gasteiger partial charge >= 0.3 is 0 Å². The second-order valence-corrected chi connectivity index (χ2v) is 8.09. The molecule has 0 saturated carbocycles. The van der Waals surface area contributed by atoms with Crippen LogP contribution in [0.4, 0.5) is 23.1 Å². The Kier molecular flexibility index (Phi) is 6.04. The molecule has 9 nitrogen and oxygen atoms in total. The molecule has 4 rings (SSSR count). The molecule has 1 unspecified atom stereocenters. The van der Waals surface area contributed by atoms with Crippen LogP contribution in [0.5, 0.6) is 0 Å². The quantitative estimate of drug-likeness (QED) is 0.292. The van der Waals surface area contributed by atoms with Gasteiger partial charge in [0.1, 0.15) is 5.82 Å². The Morgan fingerprint density at radius 1 is 1.20 bits per heavy atom. The Labute approximate surface area is 183 Å². The molecule has 0 bridgehead atoms. The minimum absolute atomic E-state index is 0.163. The van der Waals surface area contributed by atoms with Crippen molar-refractivity contribution < 1.29 is 8.76 Å². The van der Waals surface area contributed by atoms with E-state index in [-0.39, 0.29) is 6.54 Å². The van der Waals surface area contributed by atoms with Crippen LogP contribution in [0.1, 0.15) is 11.1 Å². The van der Waals surface area contributed by atoms with Crippen molar-refractivity contribution in [2.24, 2.45) is 0 Å². The lowest BCUT2D eigenvalue weighted by Crippen LogP contribution is -2.16. The zero-order chi connectivity index (χ0) is 21.1. The van der Waals surface area contributed by atoms with Gasteiger partial charge in [0, 0.05) is 40.8 Å². The molecule has 2 heterocycles. The molecule has 4 N–H and O–H groups in total. The lowest BCUT2D eigenvalue weighted by atomic mass is 10.1. The van der Waals surface area contributed by atoms with Crippen LogP contribution >= 0.6 is 15.9 Å². The van der Waals surface area contributed by atoms with Crippen molar-refractivity contribution in [2.45, 2.75) is 13.5 Å². The van der Waals surface area contributed by atoms with Crippen molar-refractivity contribution in [3.05, 3.63) is 64.4 Å². The van der Waals surface area contributed by atoms with E-state index in [1.54, 1.807) is 12.4 Å². The number of rotatable bonds is 7. The number of hydrogen-bond acceptors (Lipinski definition) is 7. The number of anilines is 4. The van der Waals surface area contributed by atoms with E-state index in [9.17, 15) is 8.76 Å². The number of hydrogen-bond donors (Lipinski definition) is 4. The molecule has 4 aromatic rings. The highest BCUT2D eigenvalue weighted by Gasteiger charge is 2.10. The van der Waals surface area contributed by atoms with Gasteiger partial charge in [0.2, 0.25) is 5.95 Å². The highest BCUT2D eigenvalue weighted by molar-refractivity contribution is 9.10. The molecule has 0 aliphatic rings. The van der Waals surface area contributed by atoms with Crippen LogP contribution in [0.3, 0.4) is 0 Å². The van der Waals surface area contributed by atoms with E-state index in [2.05, 4.69) is 51.5 Å². The summed E-state index contributed by atoms with van der Waals surface area (Å²) in [4.78, 5) is 8.87. The summed E-state index contributed by atoms with van der Waals surface area (Å²) in [5.74, 6) is 0.956. The molecule has 0 aliphatic heterocycles. The molecule has 154 valence electrons. The van der Waals surface area contributed by atoms with E-state index < -0.39 is 11.3 Å². The maximum absolute atomic E-state index is 10.8. The molecule has 0 radical (unpaired) electrons. The Morgan fingerprint density at radius 2 is 2.03 bits per heavy atom. The third-order valence-corrected chi connectivity index (χ3v) is 5.38. The first-order valence-corrected chi connectivity index (χ1v) is 10.8. The SMILES string of the molecule is Cc1cc(Nc2ncc(Br)c(Nc3ccccc3CNS(=O)[O-])n2)cc2[nH]ncc12. The monoisotopic (exact) mass is 486 g/mol. The topological polar surface area (TPSA) is 131 Å². The van der Waals surface area contributed by atoms with Gasteiger partial charge < -0.3 is 15.2 Å². The normalized spacial score (nSPS) is 12.1. The van der Waals surface area contributed by atoms with Crippen molar-refractivity contribution in [1.29, 1.82) is 0 Å². The lowest BCUT2D eigenvalue weighted by molar-refractivity contribution is 0.522. The number of fused-ring (bicyclic) bond motifs is 1. The predicted molar refractivity (Wildman–Crippen MR) is 119 cm³/mol. The highest BCUT2D eigenvalue weighted by atomic mass is 79.9. The first kappa shape index (κ1) is 20.4. The van der Waals surface area contributed by atoms with Crippen LogP contribution in [0, 0.1) is 6.92 Å². The van der Waals surface area contributed by atoms with Gasteiger partial charge in [0.15, 0.2) is 0 Å². The fraction of sp³-hybridized carbons (Fsp3) is 0.105. The molecule has 0 saturated heterocycles. The van der Waals surface area contributed by atoms with Crippen LogP contribution in [-0.2, 0) is 17.8 Å². The summed E-state index contributed by atoms with van der Waals surface area (Å²) >= 11 is 1.12. The number of halogens is 1. The molecular formula is C19H17BrN7O2S-. The molecule has 1 atom stereocenters. The Morgan fingerprint density at radius 3 is 2.87 bits per heavy atom. The number of aryl methyl sites for hydroxylation is 1. The van der Waals surface area contributed by atoms with Crippen molar-refractivity contribution in [3.8, 4) is 0 Å². The van der Waals surface area contributed by atoms with Gasteiger partial charge in [-0.2, -0.15) is 10.1 Å². The van der Waals surface area contributed by atoms with E-state index in [1.807, 2.05) is 43.3 Å². The maximum Gasteiger partial charge on any atom is 0.229 e. The van der Waals surface area contributed by atoms with Gasteiger partial charge in [0.05, 0.1) is 16.2 Å². The molecule has 0 spiro atoms. The number of H-pyrrole nitrogens is 1. The van der Waals surface area contributed by atoms with Crippen molar-refractivity contribution in [3.63, 3.8) is 0 Å². The minimum atomic E-state index is -2.34. The van der Waals surface area contributed by atoms with Crippen LogP contribution in [0.25, 0.3) is 10.9 Å². The van der Waals surface area contributed by atoms with Gasteiger partial charge in [-0.3, -0.25) is 9.31 Å². The molecule has 0 amide bonds. The first-order valence-electron chi connectivity index (χ1n) is 8.90. The zero-order valence-electron chi connectivity index (χ0n) is 15.8. The number of aromatic nitrogens is 4. The van der Waals surface area contributed by atoms with Crippen molar-refractivity contribution in [1.82, 2.24) is 24.9 Å². The van der Waals surface area contributed by atoms with E-state index >= 15 is 0 Å². The zero-order valence-corrected chi connectivity index (χ0v) is 18.2. The van der Waals surface area contributed by atoms with Gasteiger partial charge in [0.25, 0.3) is 0 Å². The average Bonchev–Trinajstić information content (AvgIpc) is 3.19. The summed E-state index contributed by atoms with van der Waals surface area (Å²) in [6.45, 7) is 2.18. The molecule has 2 aromatic heterocycles. The van der Waals surface area contributed by atoms with Gasteiger partial charge in [-0.15, -0.1) is 0 Å². The van der Waals surface area contributed by atoms with Gasteiger partial charge in [-0.25, -0.2) is 9.71 Å². The van der Waals surface area contributed by atoms with Gasteiger partial charge in [-0.1, -0.05) is 18.2 Å². The summed E-state index contributed by atoms with van der Waals surface area (Å²) in [7, 11) is 0. The summed E-state index contributed by atoms with van der Waals surface area (Å²) < 4.78 is 24.7. The van der Waals surface area contributed by atoms with E-state index in [1.165, 1.54) is 0 Å². The van der Waals surface area contributed by atoms with Crippen LogP contribution < -0.4 is 15.4 Å². The predicted octanol–water partition coefficient (Wildman–Crippen LogP) is 3.79. The Balaban J connectivity index is 1.58. The maximum atomic E-state index is 10.8. The number of para-hydroxylation sites is 1. The fourth-order valence-corrected chi connectivity index (χ4v) is 3.57. The summed E-state index contributed by atoms with van der Waals surface area (Å²) in [6, 6.07) is 11.3. The Bertz CT molecular complexity index is 1230. The lowest BCUT2D eigenvalue weighted by Gasteiger charge is -2.15. The standard InChI is InChI=1S/C19H18BrN7O2S/c1-11-6-13(7-17-14(11)9-22-27-17)24-19-21-10-15(20)18(26-19)25-16-5-3-2-4-12(16)8-23-30(28)29/h2-7,9-10,23H,8H2,1H3,(H,22,27)(H,28,29)(H2,21,24,25,26)/p-1. The van der Waals surface area contributed by atoms with E-state index in [4.69, 9.17) is 0 Å². The molecule has 0 fully saturated rings. The van der Waals surface area contributed by atoms with Crippen molar-refractivity contribution in [2.75, 3.05) is 10.6 Å². The number of nitrogens with one attached hydrogen (secondary N) is 4. The molecular weight excluding hydrogens is 470 g/mol. The first-order chi connectivity index (χ1) is 14.5. The largest absolute Gasteiger partial charge is 0.760 e. The summed E-state index contributed by atoms with van der Waals surface area (Å²) in [5.41, 5.74) is 4.35. The second kappa shape index (κ2) is 8.88. The second-order valence-electron chi connectivity index (χ2n) is 6.48. The Hall–Kier alpha value is -2.86. The van der Waals surface area contributed by atoms with Crippen LogP contribution in [-0.4, -0.2) is 28.9 Å².